The number of benzene rings is 2. The van der Waals surface area contributed by atoms with Crippen LogP contribution in [0.1, 0.15) is 35.5 Å². The summed E-state index contributed by atoms with van der Waals surface area (Å²) in [5, 5.41) is 3.81. The molecule has 0 spiro atoms. The van der Waals surface area contributed by atoms with Gasteiger partial charge in [-0.3, -0.25) is 4.79 Å². The van der Waals surface area contributed by atoms with E-state index in [0.717, 1.165) is 40.6 Å². The zero-order valence-electron chi connectivity index (χ0n) is 15.0. The minimum absolute atomic E-state index is 0.324. The third kappa shape index (κ3) is 3.77. The highest BCUT2D eigenvalue weighted by molar-refractivity contribution is 5.98. The summed E-state index contributed by atoms with van der Waals surface area (Å²) in [6.07, 6.45) is 1.64. The molecule has 1 amide bonds. The van der Waals surface area contributed by atoms with Crippen LogP contribution in [0.15, 0.2) is 48.5 Å². The van der Waals surface area contributed by atoms with Crippen LogP contribution in [0.2, 0.25) is 0 Å². The first-order valence-corrected chi connectivity index (χ1v) is 8.77. The summed E-state index contributed by atoms with van der Waals surface area (Å²) in [4.78, 5) is 27.4. The van der Waals surface area contributed by atoms with Gasteiger partial charge in [-0.2, -0.15) is 0 Å². The van der Waals surface area contributed by atoms with Crippen molar-refractivity contribution in [3.8, 4) is 0 Å². The second kappa shape index (κ2) is 7.87. The van der Waals surface area contributed by atoms with E-state index in [1.807, 2.05) is 56.3 Å². The lowest BCUT2D eigenvalue weighted by molar-refractivity contribution is -0.119. The Bertz CT molecular complexity index is 888. The van der Waals surface area contributed by atoms with Crippen LogP contribution in [0.25, 0.3) is 10.9 Å². The van der Waals surface area contributed by atoms with E-state index in [0.29, 0.717) is 5.69 Å². The van der Waals surface area contributed by atoms with Gasteiger partial charge in [0.25, 0.3) is 5.91 Å². The minimum atomic E-state index is -0.546. The third-order valence-electron chi connectivity index (χ3n) is 4.35. The topological polar surface area (TPSA) is 71.2 Å². The molecule has 0 aliphatic heterocycles. The molecular formula is C21H22N2O3. The maximum Gasteiger partial charge on any atom is 0.355 e. The van der Waals surface area contributed by atoms with Gasteiger partial charge in [0.2, 0.25) is 0 Å². The molecule has 0 aliphatic carbocycles. The van der Waals surface area contributed by atoms with Crippen LogP contribution in [-0.4, -0.2) is 23.5 Å². The Kier molecular flexibility index (Phi) is 5.37. The van der Waals surface area contributed by atoms with Gasteiger partial charge in [-0.15, -0.1) is 0 Å². The molecule has 26 heavy (non-hydrogen) atoms. The highest BCUT2D eigenvalue weighted by Crippen LogP contribution is 2.22. The van der Waals surface area contributed by atoms with Crippen molar-refractivity contribution in [2.45, 2.75) is 26.7 Å². The summed E-state index contributed by atoms with van der Waals surface area (Å²) in [5.41, 5.74) is 4.15. The first kappa shape index (κ1) is 17.7. The van der Waals surface area contributed by atoms with Crippen LogP contribution >= 0.6 is 0 Å². The Balaban J connectivity index is 1.65. The molecule has 0 fully saturated rings. The van der Waals surface area contributed by atoms with Crippen LogP contribution in [0, 0.1) is 0 Å². The van der Waals surface area contributed by atoms with Gasteiger partial charge < -0.3 is 15.0 Å². The van der Waals surface area contributed by atoms with E-state index in [1.165, 1.54) is 0 Å². The van der Waals surface area contributed by atoms with Crippen molar-refractivity contribution < 1.29 is 14.3 Å². The fraction of sp³-hybridized carbons (Fsp3) is 0.238. The molecule has 0 saturated heterocycles. The first-order chi connectivity index (χ1) is 12.6. The molecule has 0 atom stereocenters. The van der Waals surface area contributed by atoms with Crippen LogP contribution < -0.4 is 5.32 Å². The lowest BCUT2D eigenvalue weighted by Gasteiger charge is -2.14. The number of carbonyl (C=O) groups is 2. The van der Waals surface area contributed by atoms with Crippen molar-refractivity contribution in [2.24, 2.45) is 0 Å². The number of fused-ring (bicyclic) bond motifs is 1. The number of amides is 1. The number of aromatic nitrogens is 1. The average molecular weight is 350 g/mol. The average Bonchev–Trinajstić information content (AvgIpc) is 3.10. The Hall–Kier alpha value is -3.08. The van der Waals surface area contributed by atoms with E-state index in [2.05, 4.69) is 10.3 Å². The number of aromatic amines is 1. The van der Waals surface area contributed by atoms with E-state index >= 15 is 0 Å². The smallest absolute Gasteiger partial charge is 0.355 e. The lowest BCUT2D eigenvalue weighted by Crippen LogP contribution is -2.22. The number of carbonyl (C=O) groups excluding carboxylic acids is 2. The monoisotopic (exact) mass is 350 g/mol. The van der Waals surface area contributed by atoms with Crippen molar-refractivity contribution in [3.63, 3.8) is 0 Å². The van der Waals surface area contributed by atoms with Gasteiger partial charge in [-0.05, 0) is 36.1 Å². The van der Waals surface area contributed by atoms with E-state index in [-0.39, 0.29) is 12.5 Å². The number of H-pyrrole nitrogens is 1. The number of anilines is 1. The largest absolute Gasteiger partial charge is 0.451 e. The van der Waals surface area contributed by atoms with Crippen LogP contribution in [-0.2, 0) is 22.4 Å². The van der Waals surface area contributed by atoms with E-state index < -0.39 is 5.97 Å². The molecule has 5 heteroatoms. The predicted octanol–water partition coefficient (Wildman–Crippen LogP) is 4.09. The molecule has 0 aliphatic rings. The molecule has 134 valence electrons. The zero-order valence-corrected chi connectivity index (χ0v) is 15.0. The van der Waals surface area contributed by atoms with Gasteiger partial charge in [0, 0.05) is 16.6 Å². The van der Waals surface area contributed by atoms with Crippen molar-refractivity contribution in [3.05, 3.63) is 65.4 Å². The normalized spacial score (nSPS) is 10.7. The number of hydrogen-bond acceptors (Lipinski definition) is 3. The molecule has 0 saturated carbocycles. The summed E-state index contributed by atoms with van der Waals surface area (Å²) >= 11 is 0. The molecule has 0 radical (unpaired) electrons. The maximum atomic E-state index is 12.3. The summed E-state index contributed by atoms with van der Waals surface area (Å²) in [5.74, 6) is -0.888. The number of aryl methyl sites for hydroxylation is 2. The summed E-state index contributed by atoms with van der Waals surface area (Å²) in [6, 6.07) is 15.3. The Morgan fingerprint density at radius 3 is 2.35 bits per heavy atom. The molecule has 1 heterocycles. The van der Waals surface area contributed by atoms with Crippen molar-refractivity contribution in [2.75, 3.05) is 11.9 Å². The molecular weight excluding hydrogens is 328 g/mol. The molecule has 3 aromatic rings. The lowest BCUT2D eigenvalue weighted by atomic mass is 10.0. The van der Waals surface area contributed by atoms with E-state index in [4.69, 9.17) is 4.74 Å². The molecule has 0 bridgehead atoms. The zero-order chi connectivity index (χ0) is 18.5. The molecule has 1 aromatic heterocycles. The molecule has 2 aromatic carbocycles. The third-order valence-corrected chi connectivity index (χ3v) is 4.35. The molecule has 3 rings (SSSR count). The summed E-state index contributed by atoms with van der Waals surface area (Å²) in [6.45, 7) is 3.76. The minimum Gasteiger partial charge on any atom is -0.451 e. The van der Waals surface area contributed by atoms with Gasteiger partial charge in [0.05, 0.1) is 0 Å². The Morgan fingerprint density at radius 1 is 1.00 bits per heavy atom. The van der Waals surface area contributed by atoms with Crippen LogP contribution in [0.3, 0.4) is 0 Å². The Morgan fingerprint density at radius 2 is 1.69 bits per heavy atom. The number of para-hydroxylation sites is 2. The Labute approximate surface area is 152 Å². The van der Waals surface area contributed by atoms with Gasteiger partial charge >= 0.3 is 5.97 Å². The van der Waals surface area contributed by atoms with Gasteiger partial charge in [0.1, 0.15) is 5.69 Å². The van der Waals surface area contributed by atoms with E-state index in [1.54, 1.807) is 6.07 Å². The number of nitrogens with one attached hydrogen (secondary N) is 2. The quantitative estimate of drug-likeness (QED) is 0.658. The number of esters is 1. The summed E-state index contributed by atoms with van der Waals surface area (Å²) in [7, 11) is 0. The second-order valence-corrected chi connectivity index (χ2v) is 6.05. The van der Waals surface area contributed by atoms with E-state index in [9.17, 15) is 9.59 Å². The number of rotatable bonds is 6. The highest BCUT2D eigenvalue weighted by atomic mass is 16.5. The first-order valence-electron chi connectivity index (χ1n) is 8.77. The molecule has 0 unspecified atom stereocenters. The second-order valence-electron chi connectivity index (χ2n) is 6.05. The predicted molar refractivity (Wildman–Crippen MR) is 102 cm³/mol. The fourth-order valence-electron chi connectivity index (χ4n) is 2.97. The van der Waals surface area contributed by atoms with Crippen molar-refractivity contribution >= 4 is 28.5 Å². The van der Waals surface area contributed by atoms with Gasteiger partial charge in [0.15, 0.2) is 6.61 Å². The SMILES string of the molecule is CCc1cccc(CC)c1NC(=O)COC(=O)c1cc2ccccc2[nH]1. The van der Waals surface area contributed by atoms with Gasteiger partial charge in [-0.1, -0.05) is 50.2 Å². The van der Waals surface area contributed by atoms with Crippen molar-refractivity contribution in [1.82, 2.24) is 4.98 Å². The van der Waals surface area contributed by atoms with Gasteiger partial charge in [-0.25, -0.2) is 4.79 Å². The number of ether oxygens (including phenoxy) is 1. The fourth-order valence-corrected chi connectivity index (χ4v) is 2.97. The molecule has 5 nitrogen and oxygen atoms in total. The number of hydrogen-bond donors (Lipinski definition) is 2. The van der Waals surface area contributed by atoms with Crippen molar-refractivity contribution in [1.29, 1.82) is 0 Å². The highest BCUT2D eigenvalue weighted by Gasteiger charge is 2.15. The van der Waals surface area contributed by atoms with Crippen LogP contribution in [0.5, 0.6) is 0 Å². The molecule has 2 N–H and O–H groups in total. The van der Waals surface area contributed by atoms with Crippen LogP contribution in [0.4, 0.5) is 5.69 Å². The standard InChI is InChI=1S/C21H22N2O3/c1-3-14-9-7-10-15(4-2)20(14)23-19(24)13-26-21(25)18-12-16-8-5-6-11-17(16)22-18/h5-12,22H,3-4,13H2,1-2H3,(H,23,24). The maximum absolute atomic E-state index is 12.3. The summed E-state index contributed by atoms with van der Waals surface area (Å²) < 4.78 is 5.16.